The highest BCUT2D eigenvalue weighted by atomic mass is 32.1. The van der Waals surface area contributed by atoms with Crippen LogP contribution in [0.1, 0.15) is 16.2 Å². The van der Waals surface area contributed by atoms with Gasteiger partial charge in [0.2, 0.25) is 6.79 Å². The van der Waals surface area contributed by atoms with Gasteiger partial charge in [-0.25, -0.2) is 4.98 Å². The number of benzene rings is 1. The minimum atomic E-state index is -0.140. The van der Waals surface area contributed by atoms with Crippen LogP contribution in [0.15, 0.2) is 41.9 Å². The van der Waals surface area contributed by atoms with E-state index < -0.39 is 0 Å². The van der Waals surface area contributed by atoms with Gasteiger partial charge in [-0.1, -0.05) is 6.07 Å². The number of amides is 1. The van der Waals surface area contributed by atoms with E-state index in [2.05, 4.69) is 15.3 Å². The third-order valence-corrected chi connectivity index (χ3v) is 4.60. The van der Waals surface area contributed by atoms with Gasteiger partial charge in [0, 0.05) is 18.5 Å². The molecule has 4 rings (SSSR count). The van der Waals surface area contributed by atoms with E-state index in [9.17, 15) is 4.79 Å². The number of fused-ring (bicyclic) bond motifs is 1. The maximum absolute atomic E-state index is 12.2. The van der Waals surface area contributed by atoms with E-state index in [4.69, 9.17) is 9.47 Å². The summed E-state index contributed by atoms with van der Waals surface area (Å²) < 4.78 is 10.5. The molecule has 0 bridgehead atoms. The Hall–Kier alpha value is -2.80. The second-order valence-corrected chi connectivity index (χ2v) is 6.24. The predicted molar refractivity (Wildman–Crippen MR) is 90.5 cm³/mol. The normalized spacial score (nSPS) is 12.3. The first-order chi connectivity index (χ1) is 11.8. The van der Waals surface area contributed by atoms with Crippen LogP contribution in [0.3, 0.4) is 0 Å². The number of carbonyl (C=O) groups is 1. The number of aromatic amines is 1. The van der Waals surface area contributed by atoms with Crippen LogP contribution < -0.4 is 14.8 Å². The van der Waals surface area contributed by atoms with Gasteiger partial charge in [-0.3, -0.25) is 4.79 Å². The van der Waals surface area contributed by atoms with Crippen molar-refractivity contribution in [1.29, 1.82) is 0 Å². The zero-order valence-corrected chi connectivity index (χ0v) is 13.6. The smallest absolute Gasteiger partial charge is 0.251 e. The summed E-state index contributed by atoms with van der Waals surface area (Å²) in [7, 11) is 0. The van der Waals surface area contributed by atoms with Crippen LogP contribution >= 0.6 is 11.3 Å². The Labute approximate surface area is 142 Å². The summed E-state index contributed by atoms with van der Waals surface area (Å²) in [4.78, 5) is 21.0. The van der Waals surface area contributed by atoms with E-state index >= 15 is 0 Å². The minimum Gasteiger partial charge on any atom is -0.454 e. The molecule has 2 N–H and O–H groups in total. The summed E-state index contributed by atoms with van der Waals surface area (Å²) in [6, 6.07) is 9.22. The molecule has 24 heavy (non-hydrogen) atoms. The monoisotopic (exact) mass is 341 g/mol. The number of imidazole rings is 1. The van der Waals surface area contributed by atoms with E-state index in [0.29, 0.717) is 30.0 Å². The fourth-order valence-corrected chi connectivity index (χ4v) is 3.17. The van der Waals surface area contributed by atoms with Crippen molar-refractivity contribution in [3.63, 3.8) is 0 Å². The van der Waals surface area contributed by atoms with E-state index in [1.807, 2.05) is 23.7 Å². The van der Waals surface area contributed by atoms with Gasteiger partial charge >= 0.3 is 0 Å². The highest BCUT2D eigenvalue weighted by Crippen LogP contribution is 2.32. The Bertz CT molecular complexity index is 858. The highest BCUT2D eigenvalue weighted by Gasteiger charge is 2.16. The molecule has 0 unspecified atom stereocenters. The van der Waals surface area contributed by atoms with E-state index in [1.54, 1.807) is 29.5 Å². The molecule has 122 valence electrons. The molecule has 0 spiro atoms. The first-order valence-corrected chi connectivity index (χ1v) is 8.43. The lowest BCUT2D eigenvalue weighted by atomic mass is 10.2. The zero-order valence-electron chi connectivity index (χ0n) is 12.7. The number of aromatic nitrogens is 2. The van der Waals surface area contributed by atoms with E-state index in [1.165, 1.54) is 0 Å². The van der Waals surface area contributed by atoms with Crippen LogP contribution in [0.25, 0.3) is 10.6 Å². The second kappa shape index (κ2) is 6.37. The van der Waals surface area contributed by atoms with Gasteiger partial charge in [-0.15, -0.1) is 11.3 Å². The number of hydrogen-bond donors (Lipinski definition) is 2. The third kappa shape index (κ3) is 2.98. The lowest BCUT2D eigenvalue weighted by molar-refractivity contribution is 0.0953. The Balaban J connectivity index is 1.33. The second-order valence-electron chi connectivity index (χ2n) is 5.29. The SMILES string of the molecule is O=C(NCCc1ncc(-c2cccs2)[nH]1)c1ccc2c(c1)OCO2. The number of thiophene rings is 1. The maximum atomic E-state index is 12.2. The predicted octanol–water partition coefficient (Wildman–Crippen LogP) is 2.84. The molecule has 1 aliphatic rings. The number of rotatable bonds is 5. The molecular weight excluding hydrogens is 326 g/mol. The summed E-state index contributed by atoms with van der Waals surface area (Å²) in [6.07, 6.45) is 2.46. The minimum absolute atomic E-state index is 0.140. The Morgan fingerprint density at radius 3 is 3.08 bits per heavy atom. The summed E-state index contributed by atoms with van der Waals surface area (Å²) in [6.45, 7) is 0.705. The van der Waals surface area contributed by atoms with Gasteiger partial charge in [0.15, 0.2) is 11.5 Å². The van der Waals surface area contributed by atoms with E-state index in [-0.39, 0.29) is 12.7 Å². The van der Waals surface area contributed by atoms with Crippen molar-refractivity contribution in [1.82, 2.24) is 15.3 Å². The van der Waals surface area contributed by atoms with Crippen molar-refractivity contribution in [2.45, 2.75) is 6.42 Å². The first kappa shape index (κ1) is 14.8. The molecule has 0 aliphatic carbocycles. The van der Waals surface area contributed by atoms with Crippen molar-refractivity contribution in [2.24, 2.45) is 0 Å². The van der Waals surface area contributed by atoms with Crippen molar-refractivity contribution in [3.05, 3.63) is 53.3 Å². The van der Waals surface area contributed by atoms with Crippen molar-refractivity contribution < 1.29 is 14.3 Å². The molecule has 0 saturated carbocycles. The fourth-order valence-electron chi connectivity index (χ4n) is 2.48. The molecule has 1 aliphatic heterocycles. The molecule has 1 amide bonds. The van der Waals surface area contributed by atoms with Crippen LogP contribution in [0, 0.1) is 0 Å². The molecule has 1 aromatic carbocycles. The number of H-pyrrole nitrogens is 1. The molecule has 0 atom stereocenters. The number of carbonyl (C=O) groups excluding carboxylic acids is 1. The standard InChI is InChI=1S/C17H15N3O3S/c21-17(11-3-4-13-14(8-11)23-10-22-13)18-6-5-16-19-9-12(20-16)15-2-1-7-24-15/h1-4,7-9H,5-6,10H2,(H,18,21)(H,19,20). The first-order valence-electron chi connectivity index (χ1n) is 7.55. The summed E-state index contributed by atoms with van der Waals surface area (Å²) in [5.74, 6) is 1.99. The molecule has 3 heterocycles. The average molecular weight is 341 g/mol. The molecule has 0 fully saturated rings. The fraction of sp³-hybridized carbons (Fsp3) is 0.176. The average Bonchev–Trinajstić information content (AvgIpc) is 3.34. The molecular formula is C17H15N3O3S. The zero-order chi connectivity index (χ0) is 16.4. The maximum Gasteiger partial charge on any atom is 0.251 e. The molecule has 3 aromatic rings. The summed E-state index contributed by atoms with van der Waals surface area (Å²) in [5.41, 5.74) is 1.56. The molecule has 7 heteroatoms. The number of nitrogens with one attached hydrogen (secondary N) is 2. The van der Waals surface area contributed by atoms with Gasteiger partial charge in [0.05, 0.1) is 16.8 Å². The van der Waals surface area contributed by atoms with E-state index in [0.717, 1.165) is 16.4 Å². The molecule has 2 aromatic heterocycles. The third-order valence-electron chi connectivity index (χ3n) is 3.70. The summed E-state index contributed by atoms with van der Waals surface area (Å²) >= 11 is 1.66. The van der Waals surface area contributed by atoms with Gasteiger partial charge in [-0.05, 0) is 29.6 Å². The quantitative estimate of drug-likeness (QED) is 0.748. The van der Waals surface area contributed by atoms with Gasteiger partial charge in [0.25, 0.3) is 5.91 Å². The van der Waals surface area contributed by atoms with Gasteiger partial charge in [-0.2, -0.15) is 0 Å². The van der Waals surface area contributed by atoms with Crippen LogP contribution in [0.4, 0.5) is 0 Å². The number of ether oxygens (including phenoxy) is 2. The Morgan fingerprint density at radius 1 is 1.29 bits per heavy atom. The molecule has 0 radical (unpaired) electrons. The topological polar surface area (TPSA) is 76.2 Å². The Kier molecular flexibility index (Phi) is 3.92. The number of nitrogens with zero attached hydrogens (tertiary/aromatic N) is 1. The lowest BCUT2D eigenvalue weighted by Crippen LogP contribution is -2.25. The van der Waals surface area contributed by atoms with Crippen LogP contribution in [0.2, 0.25) is 0 Å². The van der Waals surface area contributed by atoms with Gasteiger partial charge in [0.1, 0.15) is 5.82 Å². The van der Waals surface area contributed by atoms with Crippen molar-refractivity contribution >= 4 is 17.2 Å². The van der Waals surface area contributed by atoms with Crippen LogP contribution in [0.5, 0.6) is 11.5 Å². The van der Waals surface area contributed by atoms with Crippen LogP contribution in [-0.4, -0.2) is 29.2 Å². The number of hydrogen-bond acceptors (Lipinski definition) is 5. The molecule has 6 nitrogen and oxygen atoms in total. The molecule has 0 saturated heterocycles. The highest BCUT2D eigenvalue weighted by molar-refractivity contribution is 7.13. The van der Waals surface area contributed by atoms with Crippen molar-refractivity contribution in [3.8, 4) is 22.1 Å². The summed E-state index contributed by atoms with van der Waals surface area (Å²) in [5, 5.41) is 4.92. The van der Waals surface area contributed by atoms with Gasteiger partial charge < -0.3 is 19.8 Å². The van der Waals surface area contributed by atoms with Crippen molar-refractivity contribution in [2.75, 3.05) is 13.3 Å². The lowest BCUT2D eigenvalue weighted by Gasteiger charge is -2.05. The largest absolute Gasteiger partial charge is 0.454 e. The van der Waals surface area contributed by atoms with Crippen LogP contribution in [-0.2, 0) is 6.42 Å². The Morgan fingerprint density at radius 2 is 2.21 bits per heavy atom.